The van der Waals surface area contributed by atoms with E-state index in [0.717, 1.165) is 11.3 Å². The summed E-state index contributed by atoms with van der Waals surface area (Å²) < 4.78 is 1.17. The van der Waals surface area contributed by atoms with Crippen LogP contribution in [0.3, 0.4) is 0 Å². The lowest BCUT2D eigenvalue weighted by Crippen LogP contribution is -2.05. The highest BCUT2D eigenvalue weighted by molar-refractivity contribution is 14.1. The average molecular weight is 389 g/mol. The third-order valence-electron chi connectivity index (χ3n) is 2.86. The van der Waals surface area contributed by atoms with Crippen molar-refractivity contribution in [1.29, 1.82) is 0 Å². The molecule has 6 heteroatoms. The van der Waals surface area contributed by atoms with Crippen LogP contribution in [0.5, 0.6) is 0 Å². The van der Waals surface area contributed by atoms with E-state index in [1.54, 1.807) is 0 Å². The molecule has 0 aliphatic heterocycles. The Labute approximate surface area is 135 Å². The molecule has 1 aromatic heterocycles. The van der Waals surface area contributed by atoms with Crippen molar-refractivity contribution in [3.05, 3.63) is 58.2 Å². The van der Waals surface area contributed by atoms with Crippen LogP contribution in [0.2, 0.25) is 0 Å². The van der Waals surface area contributed by atoms with Crippen molar-refractivity contribution in [3.8, 4) is 11.3 Å². The van der Waals surface area contributed by atoms with E-state index in [4.69, 9.17) is 5.73 Å². The van der Waals surface area contributed by atoms with Crippen LogP contribution in [0.1, 0.15) is 0 Å². The number of rotatable bonds is 3. The van der Waals surface area contributed by atoms with Gasteiger partial charge >= 0.3 is 0 Å². The van der Waals surface area contributed by atoms with E-state index in [0.29, 0.717) is 11.5 Å². The zero-order valence-electron chi connectivity index (χ0n) is 11.0. The first kappa shape index (κ1) is 13.7. The molecule has 3 N–H and O–H groups in total. The maximum atomic E-state index is 5.66. The Balaban J connectivity index is 2.01. The number of benzene rings is 2. The van der Waals surface area contributed by atoms with Gasteiger partial charge in [-0.25, -0.2) is 0 Å². The van der Waals surface area contributed by atoms with Crippen molar-refractivity contribution in [2.45, 2.75) is 0 Å². The Morgan fingerprint density at radius 2 is 1.62 bits per heavy atom. The van der Waals surface area contributed by atoms with Gasteiger partial charge in [-0.1, -0.05) is 30.3 Å². The first-order valence-electron chi connectivity index (χ1n) is 6.30. The number of nitrogens with zero attached hydrogens (tertiary/aromatic N) is 3. The number of nitrogens with two attached hydrogens (primary N) is 1. The molecule has 1 heterocycles. The zero-order valence-corrected chi connectivity index (χ0v) is 13.2. The molecule has 0 spiro atoms. The maximum absolute atomic E-state index is 5.66. The second-order valence-corrected chi connectivity index (χ2v) is 5.61. The van der Waals surface area contributed by atoms with Crippen LogP contribution in [-0.2, 0) is 0 Å². The first-order chi connectivity index (χ1) is 10.2. The zero-order chi connectivity index (χ0) is 14.7. The lowest BCUT2D eigenvalue weighted by atomic mass is 10.1. The van der Waals surface area contributed by atoms with E-state index in [-0.39, 0.29) is 5.95 Å². The molecule has 0 atom stereocenters. The summed E-state index contributed by atoms with van der Waals surface area (Å²) >= 11 is 2.26. The summed E-state index contributed by atoms with van der Waals surface area (Å²) in [5.74, 6) is 0.734. The van der Waals surface area contributed by atoms with Gasteiger partial charge in [0, 0.05) is 14.8 Å². The predicted octanol–water partition coefficient (Wildman–Crippen LogP) is 3.47. The summed E-state index contributed by atoms with van der Waals surface area (Å²) in [7, 11) is 0. The van der Waals surface area contributed by atoms with Crippen molar-refractivity contribution < 1.29 is 0 Å². The van der Waals surface area contributed by atoms with Gasteiger partial charge in [0.25, 0.3) is 0 Å². The molecule has 0 aliphatic carbocycles. The number of aromatic nitrogens is 3. The van der Waals surface area contributed by atoms with Crippen molar-refractivity contribution in [2.75, 3.05) is 11.1 Å². The molecule has 3 rings (SSSR count). The van der Waals surface area contributed by atoms with Gasteiger partial charge in [0.15, 0.2) is 5.82 Å². The summed E-state index contributed by atoms with van der Waals surface area (Å²) in [6.07, 6.45) is 0. The largest absolute Gasteiger partial charge is 0.366 e. The average Bonchev–Trinajstić information content (AvgIpc) is 2.51. The van der Waals surface area contributed by atoms with Crippen LogP contribution in [0, 0.1) is 3.57 Å². The van der Waals surface area contributed by atoms with Gasteiger partial charge in [0.1, 0.15) is 5.69 Å². The van der Waals surface area contributed by atoms with Crippen molar-refractivity contribution in [2.24, 2.45) is 0 Å². The molecule has 0 bridgehead atoms. The van der Waals surface area contributed by atoms with Crippen LogP contribution in [-0.4, -0.2) is 15.2 Å². The van der Waals surface area contributed by atoms with E-state index in [1.165, 1.54) is 3.57 Å². The summed E-state index contributed by atoms with van der Waals surface area (Å²) in [6.45, 7) is 0. The summed E-state index contributed by atoms with van der Waals surface area (Å²) in [4.78, 5) is 4.26. The lowest BCUT2D eigenvalue weighted by molar-refractivity contribution is 0.996. The molecule has 2 aromatic carbocycles. The second-order valence-electron chi connectivity index (χ2n) is 4.37. The van der Waals surface area contributed by atoms with Gasteiger partial charge in [-0.15, -0.1) is 10.2 Å². The fraction of sp³-hybridized carbons (Fsp3) is 0. The summed E-state index contributed by atoms with van der Waals surface area (Å²) in [5, 5.41) is 11.3. The number of hydrogen-bond acceptors (Lipinski definition) is 5. The number of nitrogens with one attached hydrogen (secondary N) is 1. The van der Waals surface area contributed by atoms with Crippen molar-refractivity contribution >= 4 is 40.0 Å². The standard InChI is InChI=1S/C15H12IN5/c16-11-6-8-12(9-7-11)18-14-13(20-21-15(17)19-14)10-4-2-1-3-5-10/h1-9H,(H3,17,18,19,21). The highest BCUT2D eigenvalue weighted by atomic mass is 127. The van der Waals surface area contributed by atoms with Crippen molar-refractivity contribution in [1.82, 2.24) is 15.2 Å². The molecule has 5 nitrogen and oxygen atoms in total. The number of halogens is 1. The molecule has 0 aliphatic rings. The van der Waals surface area contributed by atoms with E-state index >= 15 is 0 Å². The topological polar surface area (TPSA) is 76.7 Å². The van der Waals surface area contributed by atoms with Crippen molar-refractivity contribution in [3.63, 3.8) is 0 Å². The molecule has 0 radical (unpaired) electrons. The molecular formula is C15H12IN5. The molecule has 21 heavy (non-hydrogen) atoms. The van der Waals surface area contributed by atoms with Crippen LogP contribution >= 0.6 is 22.6 Å². The van der Waals surface area contributed by atoms with Gasteiger partial charge in [-0.05, 0) is 46.9 Å². The van der Waals surface area contributed by atoms with Gasteiger partial charge in [-0.2, -0.15) is 4.98 Å². The van der Waals surface area contributed by atoms with Gasteiger partial charge in [0.2, 0.25) is 5.95 Å². The fourth-order valence-electron chi connectivity index (χ4n) is 1.89. The van der Waals surface area contributed by atoms with Gasteiger partial charge in [0.05, 0.1) is 0 Å². The fourth-order valence-corrected chi connectivity index (χ4v) is 2.25. The minimum atomic E-state index is 0.141. The first-order valence-corrected chi connectivity index (χ1v) is 7.38. The molecule has 0 unspecified atom stereocenters. The monoisotopic (exact) mass is 389 g/mol. The molecule has 0 saturated carbocycles. The molecule has 0 fully saturated rings. The third-order valence-corrected chi connectivity index (χ3v) is 3.58. The van der Waals surface area contributed by atoms with Gasteiger partial charge < -0.3 is 11.1 Å². The SMILES string of the molecule is Nc1nnc(-c2ccccc2)c(Nc2ccc(I)cc2)n1. The van der Waals surface area contributed by atoms with E-state index < -0.39 is 0 Å². The Morgan fingerprint density at radius 3 is 2.33 bits per heavy atom. The Morgan fingerprint density at radius 1 is 0.905 bits per heavy atom. The number of nitrogen functional groups attached to an aromatic ring is 1. The second kappa shape index (κ2) is 6.04. The Bertz CT molecular complexity index is 744. The Hall–Kier alpha value is -2.22. The quantitative estimate of drug-likeness (QED) is 0.671. The van der Waals surface area contributed by atoms with Crippen LogP contribution in [0.4, 0.5) is 17.5 Å². The summed E-state index contributed by atoms with van der Waals surface area (Å²) in [6, 6.07) is 17.8. The minimum Gasteiger partial charge on any atom is -0.366 e. The predicted molar refractivity (Wildman–Crippen MR) is 92.1 cm³/mol. The van der Waals surface area contributed by atoms with Crippen LogP contribution in [0.15, 0.2) is 54.6 Å². The number of anilines is 3. The lowest BCUT2D eigenvalue weighted by Gasteiger charge is -2.10. The van der Waals surface area contributed by atoms with Gasteiger partial charge in [-0.3, -0.25) is 0 Å². The van der Waals surface area contributed by atoms with E-state index in [9.17, 15) is 0 Å². The Kier molecular flexibility index (Phi) is 3.96. The maximum Gasteiger partial charge on any atom is 0.242 e. The smallest absolute Gasteiger partial charge is 0.242 e. The van der Waals surface area contributed by atoms with E-state index in [1.807, 2.05) is 54.6 Å². The van der Waals surface area contributed by atoms with E-state index in [2.05, 4.69) is 43.1 Å². The molecule has 0 saturated heterocycles. The highest BCUT2D eigenvalue weighted by Crippen LogP contribution is 2.26. The molecular weight excluding hydrogens is 377 g/mol. The molecule has 104 valence electrons. The third kappa shape index (κ3) is 3.27. The van der Waals surface area contributed by atoms with Crippen LogP contribution < -0.4 is 11.1 Å². The minimum absolute atomic E-state index is 0.141. The molecule has 0 amide bonds. The number of hydrogen-bond donors (Lipinski definition) is 2. The molecule has 3 aromatic rings. The normalized spacial score (nSPS) is 10.3. The van der Waals surface area contributed by atoms with Crippen LogP contribution in [0.25, 0.3) is 11.3 Å². The highest BCUT2D eigenvalue weighted by Gasteiger charge is 2.10. The summed E-state index contributed by atoms with van der Waals surface area (Å²) in [5.41, 5.74) is 8.19.